The molecule has 0 spiro atoms. The molecule has 0 atom stereocenters. The van der Waals surface area contributed by atoms with Gasteiger partial charge in [-0.3, -0.25) is 0 Å². The minimum Gasteiger partial charge on any atom is -0.408 e. The van der Waals surface area contributed by atoms with Gasteiger partial charge in [0.25, 0.3) is 0 Å². The van der Waals surface area contributed by atoms with Gasteiger partial charge in [0.1, 0.15) is 0 Å². The monoisotopic (exact) mass is 352 g/mol. The van der Waals surface area contributed by atoms with Gasteiger partial charge in [-0.05, 0) is 11.6 Å². The fourth-order valence-corrected chi connectivity index (χ4v) is 2.15. The molecule has 7 heteroatoms. The Morgan fingerprint density at radius 3 is 1.14 bits per heavy atom. The van der Waals surface area contributed by atoms with Crippen LogP contribution < -0.4 is 0 Å². The van der Waals surface area contributed by atoms with Crippen molar-refractivity contribution in [2.45, 2.75) is 0 Å². The largest absolute Gasteiger partial charge is 2.00 e. The molecule has 1 aliphatic heterocycles. The van der Waals surface area contributed by atoms with Crippen LogP contribution in [-0.4, -0.2) is 8.75 Å². The molecule has 0 radical (unpaired) electrons. The summed E-state index contributed by atoms with van der Waals surface area (Å²) in [7, 11) is 0. The normalized spacial score (nSPS) is 10.1. The summed E-state index contributed by atoms with van der Waals surface area (Å²) < 4.78 is 15.4. The topological polar surface area (TPSA) is 54.0 Å². The van der Waals surface area contributed by atoms with E-state index in [1.165, 1.54) is 0 Å². The van der Waals surface area contributed by atoms with Crippen LogP contribution in [0.5, 0.6) is 0 Å². The summed E-state index contributed by atoms with van der Waals surface area (Å²) >= 11 is 2.28. The van der Waals surface area contributed by atoms with Crippen molar-refractivity contribution in [2.75, 3.05) is 0 Å². The summed E-state index contributed by atoms with van der Waals surface area (Å²) in [6.07, 6.45) is 0. The van der Waals surface area contributed by atoms with Gasteiger partial charge < -0.3 is 18.2 Å². The van der Waals surface area contributed by atoms with E-state index in [0.29, 0.717) is 11.6 Å². The molecular weight excluding hydrogens is 340 g/mol. The van der Waals surface area contributed by atoms with Crippen molar-refractivity contribution in [1.29, 1.82) is 0 Å². The zero-order chi connectivity index (χ0) is 13.9. The van der Waals surface area contributed by atoms with Crippen molar-refractivity contribution in [1.82, 2.24) is 8.75 Å². The van der Waals surface area contributed by atoms with Crippen molar-refractivity contribution >= 4 is 35.5 Å². The second-order valence-electron chi connectivity index (χ2n) is 3.49. The third kappa shape index (κ3) is 7.16. The van der Waals surface area contributed by atoms with E-state index >= 15 is 0 Å². The molecular formula is C14H12CrN4S2. The minimum atomic E-state index is 0. The van der Waals surface area contributed by atoms with Crippen LogP contribution >= 0.6 is 23.9 Å². The van der Waals surface area contributed by atoms with E-state index in [-0.39, 0.29) is 17.4 Å². The molecule has 1 aliphatic rings. The number of benzene rings is 2. The van der Waals surface area contributed by atoms with E-state index in [9.17, 15) is 0 Å². The molecule has 2 aromatic carbocycles. The van der Waals surface area contributed by atoms with Crippen LogP contribution in [0.3, 0.4) is 0 Å². The first-order valence-corrected chi connectivity index (χ1v) is 7.34. The maximum absolute atomic E-state index is 3.85. The maximum atomic E-state index is 3.85. The molecule has 1 aromatic heterocycles. The first-order chi connectivity index (χ1) is 9.97. The Morgan fingerprint density at radius 1 is 0.571 bits per heavy atom. The Balaban J connectivity index is 0.000000157. The van der Waals surface area contributed by atoms with Crippen molar-refractivity contribution < 1.29 is 17.4 Å². The Hall–Kier alpha value is -1.52. The molecule has 0 N–H and O–H groups in total. The van der Waals surface area contributed by atoms with Crippen LogP contribution in [0, 0.1) is 0 Å². The third-order valence-electron chi connectivity index (χ3n) is 2.04. The smallest absolute Gasteiger partial charge is 0.408 e. The molecule has 0 amide bonds. The van der Waals surface area contributed by atoms with Crippen LogP contribution in [0.4, 0.5) is 11.6 Å². The van der Waals surface area contributed by atoms with Gasteiger partial charge in [0, 0.05) is 0 Å². The van der Waals surface area contributed by atoms with Gasteiger partial charge in [-0.2, -0.15) is 11.7 Å². The summed E-state index contributed by atoms with van der Waals surface area (Å²) in [5.74, 6) is 1.33. The fraction of sp³-hybridized carbons (Fsp3) is 0. The van der Waals surface area contributed by atoms with Crippen LogP contribution in [0.2, 0.25) is 0 Å². The van der Waals surface area contributed by atoms with E-state index < -0.39 is 0 Å². The van der Waals surface area contributed by atoms with Gasteiger partial charge >= 0.3 is 17.4 Å². The van der Waals surface area contributed by atoms with Gasteiger partial charge in [-0.15, -0.1) is 12.1 Å². The summed E-state index contributed by atoms with van der Waals surface area (Å²) in [5, 5.41) is 0. The van der Waals surface area contributed by atoms with E-state index in [1.807, 2.05) is 72.8 Å². The fourth-order valence-electron chi connectivity index (χ4n) is 1.16. The number of hydrogen-bond acceptors (Lipinski definition) is 4. The number of aromatic nitrogens is 2. The number of hydrogen-bond donors (Lipinski definition) is 0. The molecule has 0 fully saturated rings. The number of nitrogens with zero attached hydrogens (tertiary/aromatic N) is 4. The van der Waals surface area contributed by atoms with E-state index in [2.05, 4.69) is 18.2 Å². The van der Waals surface area contributed by atoms with Gasteiger partial charge in [0.15, 0.2) is 0 Å². The van der Waals surface area contributed by atoms with Gasteiger partial charge in [-0.1, -0.05) is 72.8 Å². The molecule has 3 aromatic rings. The number of fused-ring (bicyclic) bond motifs is 1. The second-order valence-corrected chi connectivity index (χ2v) is 4.54. The molecule has 106 valence electrons. The molecule has 21 heavy (non-hydrogen) atoms. The molecule has 0 saturated carbocycles. The Labute approximate surface area is 143 Å². The van der Waals surface area contributed by atoms with Crippen molar-refractivity contribution in [2.24, 2.45) is 0 Å². The Bertz CT molecular complexity index is 474. The zero-order valence-electron chi connectivity index (χ0n) is 10.9. The predicted molar refractivity (Wildman–Crippen MR) is 86.4 cm³/mol. The van der Waals surface area contributed by atoms with Gasteiger partial charge in [0.2, 0.25) is 0 Å². The first kappa shape index (κ1) is 17.5. The van der Waals surface area contributed by atoms with Crippen LogP contribution in [0.25, 0.3) is 9.44 Å². The predicted octanol–water partition coefficient (Wildman–Crippen LogP) is 5.50. The molecule has 0 unspecified atom stereocenters. The zero-order valence-corrected chi connectivity index (χ0v) is 13.8. The van der Waals surface area contributed by atoms with E-state index in [4.69, 9.17) is 0 Å². The van der Waals surface area contributed by atoms with Crippen LogP contribution in [0.15, 0.2) is 72.8 Å². The minimum absolute atomic E-state index is 0. The summed E-state index contributed by atoms with van der Waals surface area (Å²) in [5.41, 5.74) is 0. The molecule has 4 nitrogen and oxygen atoms in total. The Morgan fingerprint density at radius 2 is 0.857 bits per heavy atom. The molecule has 0 saturated heterocycles. The van der Waals surface area contributed by atoms with E-state index in [0.717, 1.165) is 23.9 Å². The van der Waals surface area contributed by atoms with Gasteiger partial charge in [0.05, 0.1) is 0 Å². The van der Waals surface area contributed by atoms with Crippen LogP contribution in [-0.2, 0) is 17.4 Å². The van der Waals surface area contributed by atoms with Crippen molar-refractivity contribution in [3.05, 3.63) is 82.2 Å². The summed E-state index contributed by atoms with van der Waals surface area (Å²) in [6, 6.07) is 24.0. The molecule has 0 bridgehead atoms. The quantitative estimate of drug-likeness (QED) is 0.502. The molecule has 4 rings (SSSR count). The first-order valence-electron chi connectivity index (χ1n) is 5.87. The standard InChI is InChI=1S/2C6H6.C2N4S2.Cr/c2*1-2-4-6-5-3-1;3-1-2(5-7-3)6-8-4-1;/h2*1-6H;;/q;;-2;+2. The average molecular weight is 352 g/mol. The summed E-state index contributed by atoms with van der Waals surface area (Å²) in [6.45, 7) is 0. The molecule has 2 heterocycles. The summed E-state index contributed by atoms with van der Waals surface area (Å²) in [4.78, 5) is 0. The van der Waals surface area contributed by atoms with Crippen LogP contribution in [0.1, 0.15) is 0 Å². The van der Waals surface area contributed by atoms with E-state index in [1.54, 1.807) is 0 Å². The second kappa shape index (κ2) is 11.2. The Kier molecular flexibility index (Phi) is 9.33. The SMILES string of the molecule is [Cr+2].c1ccccc1.c1ccccc1.n1snc2c1[N-]S[N-]2. The average Bonchev–Trinajstić information content (AvgIpc) is 3.16. The number of rotatable bonds is 0. The van der Waals surface area contributed by atoms with Crippen molar-refractivity contribution in [3.63, 3.8) is 0 Å². The van der Waals surface area contributed by atoms with Crippen molar-refractivity contribution in [3.8, 4) is 0 Å². The maximum Gasteiger partial charge on any atom is 2.00 e. The third-order valence-corrected chi connectivity index (χ3v) is 3.06. The molecule has 0 aliphatic carbocycles. The van der Waals surface area contributed by atoms with Gasteiger partial charge in [-0.25, -0.2) is 0 Å².